The molecule has 0 aliphatic heterocycles. The first-order chi connectivity index (χ1) is 14.5. The lowest BCUT2D eigenvalue weighted by molar-refractivity contribution is -0.136. The second-order valence-electron chi connectivity index (χ2n) is 7.13. The standard InChI is InChI=1S/C24H22N2O4.2ClH/c1-15-8-19-9-16(14-29-22-5-3-2-4-18(22)12-23(27)28)10-21(24(19)30-15)17-6-7-26-20(11-17)13-25;;/h2-11H,12-14,25H2,1H3,(H,27,28);2*1H. The largest absolute Gasteiger partial charge is 0.489 e. The minimum atomic E-state index is -0.892. The molecule has 2 heterocycles. The molecule has 0 fully saturated rings. The van der Waals surface area contributed by atoms with Crippen LogP contribution in [-0.2, 0) is 24.4 Å². The van der Waals surface area contributed by atoms with Gasteiger partial charge in [-0.2, -0.15) is 0 Å². The van der Waals surface area contributed by atoms with Gasteiger partial charge in [0, 0.05) is 29.3 Å². The molecule has 2 aromatic heterocycles. The van der Waals surface area contributed by atoms with Crippen LogP contribution in [0.5, 0.6) is 5.75 Å². The van der Waals surface area contributed by atoms with Gasteiger partial charge in [-0.1, -0.05) is 18.2 Å². The van der Waals surface area contributed by atoms with Crippen LogP contribution in [0.4, 0.5) is 0 Å². The van der Waals surface area contributed by atoms with Crippen molar-refractivity contribution >= 4 is 41.8 Å². The Morgan fingerprint density at radius 1 is 1.12 bits per heavy atom. The highest BCUT2D eigenvalue weighted by molar-refractivity contribution is 5.93. The van der Waals surface area contributed by atoms with Gasteiger partial charge in [-0.3, -0.25) is 9.78 Å². The van der Waals surface area contributed by atoms with Gasteiger partial charge in [0.1, 0.15) is 23.7 Å². The summed E-state index contributed by atoms with van der Waals surface area (Å²) in [4.78, 5) is 15.4. The first-order valence-electron chi connectivity index (χ1n) is 9.64. The molecule has 3 N–H and O–H groups in total. The lowest BCUT2D eigenvalue weighted by Crippen LogP contribution is -2.04. The summed E-state index contributed by atoms with van der Waals surface area (Å²) < 4.78 is 11.9. The van der Waals surface area contributed by atoms with Crippen molar-refractivity contribution in [2.75, 3.05) is 0 Å². The zero-order valence-electron chi connectivity index (χ0n) is 17.4. The summed E-state index contributed by atoms with van der Waals surface area (Å²) in [5.41, 5.74) is 10.9. The first-order valence-corrected chi connectivity index (χ1v) is 9.64. The number of carboxylic acids is 1. The lowest BCUT2D eigenvalue weighted by Gasteiger charge is -2.12. The highest BCUT2D eigenvalue weighted by Crippen LogP contribution is 2.33. The first kappa shape index (κ1) is 25.2. The molecule has 0 amide bonds. The maximum absolute atomic E-state index is 11.1. The van der Waals surface area contributed by atoms with Crippen LogP contribution in [0.1, 0.15) is 22.6 Å². The Bertz CT molecular complexity index is 1220. The fourth-order valence-electron chi connectivity index (χ4n) is 3.51. The van der Waals surface area contributed by atoms with E-state index in [0.29, 0.717) is 24.5 Å². The second-order valence-corrected chi connectivity index (χ2v) is 7.13. The molecule has 4 aromatic rings. The summed E-state index contributed by atoms with van der Waals surface area (Å²) in [5, 5.41) is 10.1. The van der Waals surface area contributed by atoms with Crippen molar-refractivity contribution in [3.8, 4) is 16.9 Å². The third-order valence-electron chi connectivity index (χ3n) is 4.84. The monoisotopic (exact) mass is 474 g/mol. The second kappa shape index (κ2) is 11.0. The molecule has 6 nitrogen and oxygen atoms in total. The molecule has 32 heavy (non-hydrogen) atoms. The lowest BCUT2D eigenvalue weighted by atomic mass is 10.0. The van der Waals surface area contributed by atoms with Gasteiger partial charge in [0.2, 0.25) is 0 Å². The molecule has 0 aliphatic rings. The predicted molar refractivity (Wildman–Crippen MR) is 129 cm³/mol. The number of halogens is 2. The SMILES string of the molecule is Cc1cc2cc(COc3ccccc3CC(=O)O)cc(-c3ccnc(CN)c3)c2o1.Cl.Cl. The van der Waals surface area contributed by atoms with E-state index in [-0.39, 0.29) is 31.2 Å². The van der Waals surface area contributed by atoms with Gasteiger partial charge in [0.15, 0.2) is 0 Å². The molecule has 0 spiro atoms. The maximum atomic E-state index is 11.1. The molecule has 0 aliphatic carbocycles. The van der Waals surface area contributed by atoms with Gasteiger partial charge in [-0.25, -0.2) is 0 Å². The van der Waals surface area contributed by atoms with Gasteiger partial charge in [-0.05, 0) is 54.4 Å². The number of aryl methyl sites for hydroxylation is 1. The van der Waals surface area contributed by atoms with Crippen molar-refractivity contribution in [1.29, 1.82) is 0 Å². The summed E-state index contributed by atoms with van der Waals surface area (Å²) in [6, 6.07) is 17.1. The number of para-hydroxylation sites is 1. The number of carboxylic acid groups (broad SMARTS) is 1. The van der Waals surface area contributed by atoms with E-state index in [9.17, 15) is 4.79 Å². The highest BCUT2D eigenvalue weighted by atomic mass is 35.5. The van der Waals surface area contributed by atoms with E-state index in [1.54, 1.807) is 18.3 Å². The number of rotatable bonds is 7. The zero-order chi connectivity index (χ0) is 21.1. The third kappa shape index (κ3) is 5.59. The van der Waals surface area contributed by atoms with Crippen molar-refractivity contribution in [2.45, 2.75) is 26.5 Å². The van der Waals surface area contributed by atoms with Crippen LogP contribution in [0, 0.1) is 6.92 Å². The van der Waals surface area contributed by atoms with Gasteiger partial charge in [0.05, 0.1) is 12.1 Å². The molecule has 0 radical (unpaired) electrons. The molecule has 4 rings (SSSR count). The van der Waals surface area contributed by atoms with Crippen LogP contribution in [-0.4, -0.2) is 16.1 Å². The van der Waals surface area contributed by atoms with Crippen LogP contribution in [0.15, 0.2) is 65.2 Å². The van der Waals surface area contributed by atoms with Gasteiger partial charge in [-0.15, -0.1) is 24.8 Å². The van der Waals surface area contributed by atoms with E-state index in [0.717, 1.165) is 39.1 Å². The van der Waals surface area contributed by atoms with E-state index in [2.05, 4.69) is 4.98 Å². The number of carbonyl (C=O) groups is 1. The number of furan rings is 1. The fraction of sp³-hybridized carbons (Fsp3) is 0.167. The van der Waals surface area contributed by atoms with E-state index in [4.69, 9.17) is 20.0 Å². The average molecular weight is 475 g/mol. The predicted octanol–water partition coefficient (Wildman–Crippen LogP) is 5.31. The number of nitrogens with zero attached hydrogens (tertiary/aromatic N) is 1. The Morgan fingerprint density at radius 2 is 1.91 bits per heavy atom. The molecule has 168 valence electrons. The third-order valence-corrected chi connectivity index (χ3v) is 4.84. The number of ether oxygens (including phenoxy) is 1. The minimum absolute atomic E-state index is 0. The number of fused-ring (bicyclic) bond motifs is 1. The summed E-state index contributed by atoms with van der Waals surface area (Å²) in [6.07, 6.45) is 1.66. The van der Waals surface area contributed by atoms with Crippen molar-refractivity contribution in [3.63, 3.8) is 0 Å². The number of hydrogen-bond donors (Lipinski definition) is 2. The van der Waals surface area contributed by atoms with E-state index >= 15 is 0 Å². The zero-order valence-corrected chi connectivity index (χ0v) is 19.0. The van der Waals surface area contributed by atoms with Gasteiger partial charge >= 0.3 is 5.97 Å². The van der Waals surface area contributed by atoms with Gasteiger partial charge < -0.3 is 20.0 Å². The van der Waals surface area contributed by atoms with Crippen molar-refractivity contribution in [1.82, 2.24) is 4.98 Å². The number of aromatic nitrogens is 1. The molecule has 2 aromatic carbocycles. The smallest absolute Gasteiger partial charge is 0.307 e. The van der Waals surface area contributed by atoms with Crippen LogP contribution in [0.25, 0.3) is 22.1 Å². The Morgan fingerprint density at radius 3 is 2.66 bits per heavy atom. The van der Waals surface area contributed by atoms with Crippen molar-refractivity contribution in [2.24, 2.45) is 5.73 Å². The van der Waals surface area contributed by atoms with Crippen LogP contribution in [0.3, 0.4) is 0 Å². The molecule has 0 saturated carbocycles. The van der Waals surface area contributed by atoms with Crippen LogP contribution < -0.4 is 10.5 Å². The minimum Gasteiger partial charge on any atom is -0.489 e. The Balaban J connectivity index is 0.00000181. The van der Waals surface area contributed by atoms with Crippen molar-refractivity contribution < 1.29 is 19.1 Å². The normalized spacial score (nSPS) is 10.3. The number of nitrogens with two attached hydrogens (primary N) is 1. The number of pyridine rings is 1. The van der Waals surface area contributed by atoms with E-state index in [1.807, 2.05) is 49.4 Å². The molecule has 8 heteroatoms. The van der Waals surface area contributed by atoms with Crippen molar-refractivity contribution in [3.05, 3.63) is 83.4 Å². The van der Waals surface area contributed by atoms with E-state index < -0.39 is 5.97 Å². The van der Waals surface area contributed by atoms with Crippen LogP contribution in [0.2, 0.25) is 0 Å². The fourth-order valence-corrected chi connectivity index (χ4v) is 3.51. The molecular weight excluding hydrogens is 451 g/mol. The summed E-state index contributed by atoms with van der Waals surface area (Å²) in [5.74, 6) is 0.500. The number of hydrogen-bond acceptors (Lipinski definition) is 5. The maximum Gasteiger partial charge on any atom is 0.307 e. The topological polar surface area (TPSA) is 98.6 Å². The molecular formula is C24H24Cl2N2O4. The Kier molecular flexibility index (Phi) is 8.66. The molecule has 0 saturated heterocycles. The summed E-state index contributed by atoms with van der Waals surface area (Å²) >= 11 is 0. The molecule has 0 unspecified atom stereocenters. The Hall–Kier alpha value is -3.06. The molecule has 0 bridgehead atoms. The summed E-state index contributed by atoms with van der Waals surface area (Å²) in [6.45, 7) is 2.58. The van der Waals surface area contributed by atoms with Gasteiger partial charge in [0.25, 0.3) is 0 Å². The quantitative estimate of drug-likeness (QED) is 0.376. The van der Waals surface area contributed by atoms with E-state index in [1.165, 1.54) is 0 Å². The molecule has 0 atom stereocenters. The number of aliphatic carboxylic acids is 1. The Labute approximate surface area is 198 Å². The average Bonchev–Trinajstić information content (AvgIpc) is 3.12. The number of benzene rings is 2. The summed E-state index contributed by atoms with van der Waals surface area (Å²) in [7, 11) is 0. The highest BCUT2D eigenvalue weighted by Gasteiger charge is 2.13. The van der Waals surface area contributed by atoms with Crippen LogP contribution >= 0.6 is 24.8 Å².